The number of rotatable bonds is 24. The Morgan fingerprint density at radius 1 is 0.361 bits per heavy atom. The molecular weight excluding hydrogens is 1490 g/mol. The SMILES string of the molecule is CCCC[C@H]1CN(C(=O)c2cccc3ccccc23)CCN1Cc1cncn1Cc1ccc(Br)cc1.CCCC[C@H]1CN(C(=O)c2cccc3ccccc23)CCN1Cc1cncn1Cc1ccc(Br)cc1.CCCC[C@H]1CN(C(=O)c2cccc3ccccc23)CCN1Cc1cncn1Cc1ccc(Cl)cc1. The second-order valence-electron chi connectivity index (χ2n) is 29.1. The third-order valence-electron chi connectivity index (χ3n) is 21.7. The summed E-state index contributed by atoms with van der Waals surface area (Å²) in [6, 6.07) is 68.5. The first-order valence-corrected chi connectivity index (χ1v) is 40.6. The van der Waals surface area contributed by atoms with Crippen molar-refractivity contribution in [2.45, 2.75) is 136 Å². The van der Waals surface area contributed by atoms with E-state index in [1.54, 1.807) is 0 Å². The van der Waals surface area contributed by atoms with Crippen LogP contribution in [0.3, 0.4) is 0 Å². The maximum Gasteiger partial charge on any atom is 0.254 e. The molecule has 9 aromatic carbocycles. The normalized spacial score (nSPS) is 16.5. The van der Waals surface area contributed by atoms with Crippen LogP contribution in [0, 0.1) is 0 Å². The molecule has 18 heteroatoms. The van der Waals surface area contributed by atoms with Gasteiger partial charge in [-0.25, -0.2) is 15.0 Å². The molecule has 15 rings (SSSR count). The Bertz CT molecular complexity index is 4420. The molecule has 3 saturated heterocycles. The molecule has 0 spiro atoms. The van der Waals surface area contributed by atoms with Gasteiger partial charge >= 0.3 is 0 Å². The van der Waals surface area contributed by atoms with Crippen LogP contribution in [0.25, 0.3) is 32.3 Å². The largest absolute Gasteiger partial charge is 0.336 e. The Morgan fingerprint density at radius 3 is 0.954 bits per heavy atom. The number of fused-ring (bicyclic) bond motifs is 3. The van der Waals surface area contributed by atoms with E-state index in [4.69, 9.17) is 11.6 Å². The van der Waals surface area contributed by atoms with E-state index in [-0.39, 0.29) is 17.7 Å². The summed E-state index contributed by atoms with van der Waals surface area (Å²) >= 11 is 13.1. The first-order chi connectivity index (χ1) is 52.9. The number of aromatic nitrogens is 6. The smallest absolute Gasteiger partial charge is 0.254 e. The highest BCUT2D eigenvalue weighted by atomic mass is 79.9. The summed E-state index contributed by atoms with van der Waals surface area (Å²) in [5.74, 6) is 0.433. The quantitative estimate of drug-likeness (QED) is 0.0581. The van der Waals surface area contributed by atoms with Gasteiger partial charge in [0.2, 0.25) is 0 Å². The fourth-order valence-corrected chi connectivity index (χ4v) is 16.2. The Morgan fingerprint density at radius 2 is 0.648 bits per heavy atom. The topological polar surface area (TPSA) is 124 Å². The Balaban J connectivity index is 0.000000143. The number of piperazine rings is 3. The number of carbonyl (C=O) groups excluding carboxylic acids is 3. The molecule has 3 atom stereocenters. The van der Waals surface area contributed by atoms with Gasteiger partial charge in [-0.2, -0.15) is 0 Å². The van der Waals surface area contributed by atoms with Gasteiger partial charge < -0.3 is 28.4 Å². The Kier molecular flexibility index (Phi) is 27.0. The van der Waals surface area contributed by atoms with E-state index >= 15 is 0 Å². The van der Waals surface area contributed by atoms with Crippen molar-refractivity contribution in [3.63, 3.8) is 0 Å². The minimum atomic E-state index is 0.140. The van der Waals surface area contributed by atoms with Crippen LogP contribution >= 0.6 is 43.5 Å². The van der Waals surface area contributed by atoms with E-state index in [0.29, 0.717) is 18.1 Å². The Hall–Kier alpha value is -9.07. The lowest BCUT2D eigenvalue weighted by molar-refractivity contribution is 0.0425. The van der Waals surface area contributed by atoms with E-state index in [1.807, 2.05) is 123 Å². The molecule has 12 aromatic rings. The molecule has 558 valence electrons. The molecule has 0 radical (unpaired) electrons. The van der Waals surface area contributed by atoms with Crippen LogP contribution < -0.4 is 0 Å². The van der Waals surface area contributed by atoms with Gasteiger partial charge in [0.05, 0.1) is 36.1 Å². The fraction of sp³-hybridized carbons (Fsp3) is 0.333. The maximum atomic E-state index is 13.6. The monoisotopic (exact) mass is 1590 g/mol. The molecule has 3 amide bonds. The van der Waals surface area contributed by atoms with E-state index in [1.165, 1.54) is 33.8 Å². The minimum Gasteiger partial charge on any atom is -0.336 e. The standard InChI is InChI=1S/2C30H33BrN4O.C30H33ClN4O/c3*1-2-3-9-26-20-34(30(36)29-11-6-8-24-7-4-5-10-28(24)29)17-16-33(26)21-27-18-32-22-35(27)19-23-12-14-25(31)15-13-23/h3*4-8,10-15,18,22,26H,2-3,9,16-17,19-21H2,1H3/t3*26-/m000/s1. The van der Waals surface area contributed by atoms with Gasteiger partial charge in [-0.1, -0.05) is 248 Å². The van der Waals surface area contributed by atoms with Crippen LogP contribution in [0.1, 0.15) is 143 Å². The van der Waals surface area contributed by atoms with Crippen LogP contribution in [0.4, 0.5) is 0 Å². The molecule has 0 bridgehead atoms. The lowest BCUT2D eigenvalue weighted by Crippen LogP contribution is -2.54. The molecule has 0 saturated carbocycles. The molecule has 3 aliphatic rings. The van der Waals surface area contributed by atoms with Crippen LogP contribution in [0.5, 0.6) is 0 Å². The predicted octanol–water partition coefficient (Wildman–Crippen LogP) is 19.0. The van der Waals surface area contributed by atoms with E-state index in [2.05, 4.69) is 226 Å². The summed E-state index contributed by atoms with van der Waals surface area (Å²) in [6.45, 7) is 18.7. The van der Waals surface area contributed by atoms with Crippen LogP contribution in [-0.4, -0.2) is 153 Å². The molecule has 3 aliphatic heterocycles. The van der Waals surface area contributed by atoms with Crippen molar-refractivity contribution in [2.24, 2.45) is 0 Å². The average Bonchev–Trinajstić information content (AvgIpc) is 0.822. The first kappa shape index (κ1) is 77.1. The highest BCUT2D eigenvalue weighted by Gasteiger charge is 2.34. The molecule has 108 heavy (non-hydrogen) atoms. The number of amides is 3. The summed E-state index contributed by atoms with van der Waals surface area (Å²) < 4.78 is 8.88. The lowest BCUT2D eigenvalue weighted by Gasteiger charge is -2.41. The highest BCUT2D eigenvalue weighted by molar-refractivity contribution is 9.10. The number of hydrogen-bond donors (Lipinski definition) is 0. The predicted molar refractivity (Wildman–Crippen MR) is 444 cm³/mol. The van der Waals surface area contributed by atoms with Crippen molar-refractivity contribution >= 4 is 93.5 Å². The van der Waals surface area contributed by atoms with Gasteiger partial charge in [0, 0.05) is 166 Å². The van der Waals surface area contributed by atoms with Gasteiger partial charge in [-0.3, -0.25) is 29.1 Å². The van der Waals surface area contributed by atoms with Crippen molar-refractivity contribution in [3.8, 4) is 0 Å². The summed E-state index contributed by atoms with van der Waals surface area (Å²) in [5.41, 5.74) is 9.76. The number of benzene rings is 9. The molecular formula is C90H99Br2ClN12O3. The minimum absolute atomic E-state index is 0.140. The summed E-state index contributed by atoms with van der Waals surface area (Å²) in [5, 5.41) is 7.19. The lowest BCUT2D eigenvalue weighted by atomic mass is 10.0. The second kappa shape index (κ2) is 37.8. The molecule has 0 unspecified atom stereocenters. The zero-order valence-corrected chi connectivity index (χ0v) is 66.4. The molecule has 15 nitrogen and oxygen atoms in total. The number of hydrogen-bond acceptors (Lipinski definition) is 9. The third kappa shape index (κ3) is 19.7. The van der Waals surface area contributed by atoms with Gasteiger partial charge in [0.15, 0.2) is 0 Å². The third-order valence-corrected chi connectivity index (χ3v) is 23.0. The summed E-state index contributed by atoms with van der Waals surface area (Å²) in [4.78, 5) is 68.1. The summed E-state index contributed by atoms with van der Waals surface area (Å²) in [6.07, 6.45) is 21.9. The molecule has 3 aromatic heterocycles. The van der Waals surface area contributed by atoms with Crippen LogP contribution in [0.15, 0.2) is 247 Å². The van der Waals surface area contributed by atoms with E-state index in [0.717, 1.165) is 219 Å². The maximum absolute atomic E-state index is 13.6. The number of halogens is 3. The van der Waals surface area contributed by atoms with E-state index < -0.39 is 0 Å². The number of carbonyl (C=O) groups is 3. The van der Waals surface area contributed by atoms with Gasteiger partial charge in [0.25, 0.3) is 17.7 Å². The van der Waals surface area contributed by atoms with Crippen molar-refractivity contribution in [1.82, 2.24) is 58.1 Å². The van der Waals surface area contributed by atoms with Gasteiger partial charge in [0.1, 0.15) is 0 Å². The van der Waals surface area contributed by atoms with Crippen LogP contribution in [0.2, 0.25) is 5.02 Å². The Labute approximate surface area is 658 Å². The number of unbranched alkanes of at least 4 members (excludes halogenated alkanes) is 3. The van der Waals surface area contributed by atoms with Gasteiger partial charge in [-0.15, -0.1) is 0 Å². The van der Waals surface area contributed by atoms with E-state index in [9.17, 15) is 14.4 Å². The first-order valence-electron chi connectivity index (χ1n) is 38.6. The van der Waals surface area contributed by atoms with Crippen molar-refractivity contribution in [2.75, 3.05) is 58.9 Å². The van der Waals surface area contributed by atoms with Crippen LogP contribution in [-0.2, 0) is 39.3 Å². The van der Waals surface area contributed by atoms with Gasteiger partial charge in [-0.05, 0) is 123 Å². The second-order valence-corrected chi connectivity index (χ2v) is 31.3. The van der Waals surface area contributed by atoms with Crippen molar-refractivity contribution in [1.29, 1.82) is 0 Å². The van der Waals surface area contributed by atoms with Crippen molar-refractivity contribution in [3.05, 3.63) is 302 Å². The molecule has 0 aliphatic carbocycles. The fourth-order valence-electron chi connectivity index (χ4n) is 15.6. The summed E-state index contributed by atoms with van der Waals surface area (Å²) in [7, 11) is 0. The zero-order chi connectivity index (χ0) is 74.7. The molecule has 3 fully saturated rings. The van der Waals surface area contributed by atoms with Crippen molar-refractivity contribution < 1.29 is 14.4 Å². The average molecular weight is 1590 g/mol. The number of nitrogens with zero attached hydrogens (tertiary/aromatic N) is 12. The molecule has 0 N–H and O–H groups in total. The zero-order valence-electron chi connectivity index (χ0n) is 62.4. The molecule has 6 heterocycles. The number of imidazole rings is 3. The highest BCUT2D eigenvalue weighted by Crippen LogP contribution is 2.30.